The first-order valence-corrected chi connectivity index (χ1v) is 6.78. The summed E-state index contributed by atoms with van der Waals surface area (Å²) in [7, 11) is 3.78. The van der Waals surface area contributed by atoms with Gasteiger partial charge in [0.2, 0.25) is 0 Å². The number of hydrogen-bond acceptors (Lipinski definition) is 3. The average molecular weight is 263 g/mol. The first kappa shape index (κ1) is 15.5. The molecular weight excluding hydrogens is 238 g/mol. The van der Waals surface area contributed by atoms with Crippen LogP contribution in [0.2, 0.25) is 0 Å². The Hall–Kier alpha value is -1.55. The van der Waals surface area contributed by atoms with Gasteiger partial charge >= 0.3 is 0 Å². The van der Waals surface area contributed by atoms with Gasteiger partial charge in [-0.2, -0.15) is 0 Å². The Kier molecular flexibility index (Phi) is 6.36. The van der Waals surface area contributed by atoms with Crippen LogP contribution < -0.4 is 10.5 Å². The lowest BCUT2D eigenvalue weighted by Crippen LogP contribution is -2.20. The van der Waals surface area contributed by atoms with Crippen molar-refractivity contribution in [1.29, 1.82) is 5.41 Å². The summed E-state index contributed by atoms with van der Waals surface area (Å²) in [6, 6.07) is 5.64. The summed E-state index contributed by atoms with van der Waals surface area (Å²) in [5.41, 5.74) is 7.36. The number of amidine groups is 1. The molecule has 4 heteroatoms. The third kappa shape index (κ3) is 4.91. The van der Waals surface area contributed by atoms with Gasteiger partial charge in [0.1, 0.15) is 11.6 Å². The van der Waals surface area contributed by atoms with Gasteiger partial charge in [0.25, 0.3) is 0 Å². The molecule has 0 heterocycles. The second kappa shape index (κ2) is 7.79. The molecule has 1 rings (SSSR count). The minimum atomic E-state index is 0.0949. The fraction of sp³-hybridized carbons (Fsp3) is 0.533. The molecule has 0 saturated carbocycles. The molecule has 106 valence electrons. The predicted octanol–water partition coefficient (Wildman–Crippen LogP) is 2.60. The largest absolute Gasteiger partial charge is 0.496 e. The van der Waals surface area contributed by atoms with Crippen LogP contribution >= 0.6 is 0 Å². The molecule has 1 aromatic rings. The van der Waals surface area contributed by atoms with Crippen LogP contribution in [0.25, 0.3) is 0 Å². The van der Waals surface area contributed by atoms with Crippen molar-refractivity contribution in [2.24, 2.45) is 5.73 Å². The van der Waals surface area contributed by atoms with E-state index in [4.69, 9.17) is 15.9 Å². The number of unbranched alkanes of at least 4 members (excludes halogenated alkanes) is 2. The molecule has 0 aliphatic heterocycles. The van der Waals surface area contributed by atoms with Crippen LogP contribution in [0, 0.1) is 5.41 Å². The van der Waals surface area contributed by atoms with Gasteiger partial charge in [-0.05, 0) is 38.2 Å². The SMILES string of the molecule is CCCCCN(C)Cc1cc(C(=N)N)ccc1OC. The Morgan fingerprint density at radius 1 is 1.37 bits per heavy atom. The van der Waals surface area contributed by atoms with Crippen molar-refractivity contribution >= 4 is 5.84 Å². The van der Waals surface area contributed by atoms with E-state index in [-0.39, 0.29) is 5.84 Å². The highest BCUT2D eigenvalue weighted by Crippen LogP contribution is 2.21. The fourth-order valence-electron chi connectivity index (χ4n) is 2.07. The number of nitrogens with zero attached hydrogens (tertiary/aromatic N) is 1. The summed E-state index contributed by atoms with van der Waals surface area (Å²) in [4.78, 5) is 2.28. The first-order valence-electron chi connectivity index (χ1n) is 6.78. The number of nitrogen functional groups attached to an aromatic ring is 1. The number of nitrogens with one attached hydrogen (secondary N) is 1. The highest BCUT2D eigenvalue weighted by molar-refractivity contribution is 5.95. The molecule has 0 fully saturated rings. The minimum Gasteiger partial charge on any atom is -0.496 e. The van der Waals surface area contributed by atoms with Crippen molar-refractivity contribution in [3.8, 4) is 5.75 Å². The van der Waals surface area contributed by atoms with Crippen LogP contribution in [0.15, 0.2) is 18.2 Å². The lowest BCUT2D eigenvalue weighted by atomic mass is 10.1. The molecule has 19 heavy (non-hydrogen) atoms. The van der Waals surface area contributed by atoms with Gasteiger partial charge in [-0.1, -0.05) is 19.8 Å². The first-order chi connectivity index (χ1) is 9.08. The molecule has 0 aliphatic rings. The van der Waals surface area contributed by atoms with E-state index >= 15 is 0 Å². The highest BCUT2D eigenvalue weighted by Gasteiger charge is 2.08. The van der Waals surface area contributed by atoms with Crippen LogP contribution in [0.4, 0.5) is 0 Å². The van der Waals surface area contributed by atoms with Crippen molar-refractivity contribution in [1.82, 2.24) is 4.90 Å². The summed E-state index contributed by atoms with van der Waals surface area (Å²) >= 11 is 0. The number of hydrogen-bond donors (Lipinski definition) is 2. The number of ether oxygens (including phenoxy) is 1. The average Bonchev–Trinajstić information content (AvgIpc) is 2.38. The zero-order valence-corrected chi connectivity index (χ0v) is 12.2. The monoisotopic (exact) mass is 263 g/mol. The molecule has 0 aliphatic carbocycles. The van der Waals surface area contributed by atoms with Crippen LogP contribution in [-0.4, -0.2) is 31.4 Å². The zero-order valence-electron chi connectivity index (χ0n) is 12.2. The summed E-state index contributed by atoms with van der Waals surface area (Å²) < 4.78 is 5.37. The predicted molar refractivity (Wildman–Crippen MR) is 79.9 cm³/mol. The Morgan fingerprint density at radius 2 is 2.11 bits per heavy atom. The third-order valence-electron chi connectivity index (χ3n) is 3.18. The van der Waals surface area contributed by atoms with Crippen molar-refractivity contribution < 1.29 is 4.74 Å². The topological polar surface area (TPSA) is 62.3 Å². The van der Waals surface area contributed by atoms with Gasteiger partial charge in [0.15, 0.2) is 0 Å². The molecule has 0 amide bonds. The lowest BCUT2D eigenvalue weighted by Gasteiger charge is -2.19. The van der Waals surface area contributed by atoms with E-state index in [1.807, 2.05) is 18.2 Å². The van der Waals surface area contributed by atoms with E-state index in [1.165, 1.54) is 19.3 Å². The number of benzene rings is 1. The highest BCUT2D eigenvalue weighted by atomic mass is 16.5. The zero-order chi connectivity index (χ0) is 14.3. The van der Waals surface area contributed by atoms with Gasteiger partial charge < -0.3 is 15.4 Å². The molecule has 0 bridgehead atoms. The molecule has 0 saturated heterocycles. The summed E-state index contributed by atoms with van der Waals surface area (Å²) in [5, 5.41) is 7.50. The Morgan fingerprint density at radius 3 is 2.68 bits per heavy atom. The van der Waals surface area contributed by atoms with Gasteiger partial charge in [-0.25, -0.2) is 0 Å². The summed E-state index contributed by atoms with van der Waals surface area (Å²) in [6.07, 6.45) is 3.70. The van der Waals surface area contributed by atoms with E-state index in [1.54, 1.807) is 7.11 Å². The number of nitrogens with two attached hydrogens (primary N) is 1. The fourth-order valence-corrected chi connectivity index (χ4v) is 2.07. The van der Waals surface area contributed by atoms with Crippen LogP contribution in [0.5, 0.6) is 5.75 Å². The maximum absolute atomic E-state index is 7.50. The molecule has 4 nitrogen and oxygen atoms in total. The van der Waals surface area contributed by atoms with E-state index in [9.17, 15) is 0 Å². The molecule has 3 N–H and O–H groups in total. The third-order valence-corrected chi connectivity index (χ3v) is 3.18. The second-order valence-electron chi connectivity index (χ2n) is 4.89. The smallest absolute Gasteiger partial charge is 0.123 e. The molecule has 0 unspecified atom stereocenters. The minimum absolute atomic E-state index is 0.0949. The second-order valence-corrected chi connectivity index (χ2v) is 4.89. The molecule has 0 atom stereocenters. The van der Waals surface area contributed by atoms with Crippen molar-refractivity contribution in [3.05, 3.63) is 29.3 Å². The lowest BCUT2D eigenvalue weighted by molar-refractivity contribution is 0.310. The van der Waals surface area contributed by atoms with E-state index in [0.717, 1.165) is 30.0 Å². The Bertz CT molecular complexity index is 418. The van der Waals surface area contributed by atoms with Gasteiger partial charge in [-0.3, -0.25) is 5.41 Å². The molecule has 0 aromatic heterocycles. The van der Waals surface area contributed by atoms with Crippen molar-refractivity contribution in [2.45, 2.75) is 32.7 Å². The number of methoxy groups -OCH3 is 1. The number of rotatable bonds is 8. The van der Waals surface area contributed by atoms with Crippen LogP contribution in [0.1, 0.15) is 37.3 Å². The van der Waals surface area contributed by atoms with E-state index in [0.29, 0.717) is 0 Å². The van der Waals surface area contributed by atoms with Gasteiger partial charge in [0.05, 0.1) is 7.11 Å². The molecule has 1 aromatic carbocycles. The Labute approximate surface area is 116 Å². The normalized spacial score (nSPS) is 10.7. The standard InChI is InChI=1S/C15H25N3O/c1-4-5-6-9-18(2)11-13-10-12(15(16)17)7-8-14(13)19-3/h7-8,10H,4-6,9,11H2,1-3H3,(H3,16,17). The molecule has 0 spiro atoms. The molecule has 0 radical (unpaired) electrons. The summed E-state index contributed by atoms with van der Waals surface area (Å²) in [6.45, 7) is 4.09. The van der Waals surface area contributed by atoms with Crippen LogP contribution in [0.3, 0.4) is 0 Å². The van der Waals surface area contributed by atoms with Crippen LogP contribution in [-0.2, 0) is 6.54 Å². The van der Waals surface area contributed by atoms with Gasteiger partial charge in [-0.15, -0.1) is 0 Å². The molecular formula is C15H25N3O. The van der Waals surface area contributed by atoms with Gasteiger partial charge in [0, 0.05) is 17.7 Å². The quantitative estimate of drug-likeness (QED) is 0.430. The maximum atomic E-state index is 7.50. The van der Waals surface area contributed by atoms with E-state index < -0.39 is 0 Å². The maximum Gasteiger partial charge on any atom is 0.123 e. The Balaban J connectivity index is 2.74. The van der Waals surface area contributed by atoms with E-state index in [2.05, 4.69) is 18.9 Å². The van der Waals surface area contributed by atoms with Crippen molar-refractivity contribution in [3.63, 3.8) is 0 Å². The van der Waals surface area contributed by atoms with Crippen molar-refractivity contribution in [2.75, 3.05) is 20.7 Å². The summed E-state index contributed by atoms with van der Waals surface area (Å²) in [5.74, 6) is 0.949.